The molecule has 198 valence electrons. The Labute approximate surface area is 216 Å². The van der Waals surface area contributed by atoms with Gasteiger partial charge in [-0.05, 0) is 51.2 Å². The Morgan fingerprint density at radius 1 is 0.974 bits per heavy atom. The van der Waals surface area contributed by atoms with E-state index in [1.54, 1.807) is 39.0 Å². The molecule has 0 unspecified atom stereocenters. The first-order valence-electron chi connectivity index (χ1n) is 12.2. The average Bonchev–Trinajstić information content (AvgIpc) is 3.48. The number of ether oxygens (including phenoxy) is 1. The van der Waals surface area contributed by atoms with Crippen LogP contribution in [0.25, 0.3) is 34.0 Å². The lowest BCUT2D eigenvalue weighted by Crippen LogP contribution is -2.33. The average molecular weight is 526 g/mol. The van der Waals surface area contributed by atoms with Crippen molar-refractivity contribution in [2.45, 2.75) is 51.8 Å². The molecule has 0 radical (unpaired) electrons. The highest BCUT2D eigenvalue weighted by molar-refractivity contribution is 5.79. The molecule has 10 heteroatoms. The van der Waals surface area contributed by atoms with Gasteiger partial charge in [-0.3, -0.25) is 0 Å². The zero-order valence-electron chi connectivity index (χ0n) is 21.1. The number of rotatable bonds is 5. The van der Waals surface area contributed by atoms with Crippen molar-refractivity contribution in [1.29, 1.82) is 0 Å². The fourth-order valence-corrected chi connectivity index (χ4v) is 4.56. The standard InChI is InChI=1S/C28H26F3N3O4/c1-27(2,3)36-26(35)32-14-13-16-9-11-19-18(15-16)10-12-20-22(19)33-38-25(20)23-21(28(29,30)31)24(37-34-23)17-7-5-4-6-8-17/h4-9,11,15H,10,12-14H2,1-3H3,(H,32,35). The van der Waals surface area contributed by atoms with Crippen LogP contribution in [0.1, 0.15) is 43.0 Å². The van der Waals surface area contributed by atoms with Crippen LogP contribution in [-0.2, 0) is 30.2 Å². The Morgan fingerprint density at radius 2 is 1.68 bits per heavy atom. The van der Waals surface area contributed by atoms with Gasteiger partial charge in [0.1, 0.15) is 16.9 Å². The van der Waals surface area contributed by atoms with Crippen LogP contribution < -0.4 is 5.32 Å². The minimum absolute atomic E-state index is 0.0328. The van der Waals surface area contributed by atoms with Crippen molar-refractivity contribution in [1.82, 2.24) is 15.6 Å². The number of aromatic nitrogens is 2. The number of benzene rings is 2. The van der Waals surface area contributed by atoms with Crippen molar-refractivity contribution in [3.8, 4) is 34.0 Å². The van der Waals surface area contributed by atoms with E-state index < -0.39 is 29.1 Å². The molecule has 1 aliphatic carbocycles. The number of aryl methyl sites for hydroxylation is 1. The van der Waals surface area contributed by atoms with Gasteiger partial charge in [-0.15, -0.1) is 0 Å². The van der Waals surface area contributed by atoms with Gasteiger partial charge in [-0.25, -0.2) is 4.79 Å². The fourth-order valence-electron chi connectivity index (χ4n) is 4.56. The molecule has 0 spiro atoms. The Balaban J connectivity index is 1.40. The highest BCUT2D eigenvalue weighted by Crippen LogP contribution is 2.46. The SMILES string of the molecule is CC(C)(C)OC(=O)NCCc1ccc2c(c1)CCc1c-2noc1-c1noc(-c2ccccc2)c1C(F)(F)F. The number of carbonyl (C=O) groups is 1. The molecule has 5 rings (SSSR count). The quantitative estimate of drug-likeness (QED) is 0.307. The Morgan fingerprint density at radius 3 is 2.39 bits per heavy atom. The molecule has 38 heavy (non-hydrogen) atoms. The van der Waals surface area contributed by atoms with Crippen LogP contribution in [0.5, 0.6) is 0 Å². The van der Waals surface area contributed by atoms with Crippen LogP contribution in [0.3, 0.4) is 0 Å². The second-order valence-electron chi connectivity index (χ2n) is 10.1. The molecule has 4 aromatic rings. The number of hydrogen-bond donors (Lipinski definition) is 1. The summed E-state index contributed by atoms with van der Waals surface area (Å²) in [5, 5.41) is 10.6. The van der Waals surface area contributed by atoms with Gasteiger partial charge >= 0.3 is 12.3 Å². The van der Waals surface area contributed by atoms with Gasteiger partial charge in [0, 0.05) is 23.2 Å². The maximum Gasteiger partial charge on any atom is 0.422 e. The minimum atomic E-state index is -4.71. The molecular weight excluding hydrogens is 499 g/mol. The molecule has 7 nitrogen and oxygen atoms in total. The van der Waals surface area contributed by atoms with Gasteiger partial charge in [0.15, 0.2) is 17.2 Å². The number of halogens is 3. The topological polar surface area (TPSA) is 90.4 Å². The zero-order chi connectivity index (χ0) is 27.1. The summed E-state index contributed by atoms with van der Waals surface area (Å²) in [5.41, 5.74) is 2.19. The summed E-state index contributed by atoms with van der Waals surface area (Å²) in [5.74, 6) is -0.395. The third-order valence-electron chi connectivity index (χ3n) is 6.17. The Bertz CT molecular complexity index is 1470. The molecule has 0 bridgehead atoms. The van der Waals surface area contributed by atoms with Crippen molar-refractivity contribution in [2.24, 2.45) is 0 Å². The van der Waals surface area contributed by atoms with E-state index in [1.165, 1.54) is 12.1 Å². The molecule has 1 aliphatic rings. The third-order valence-corrected chi connectivity index (χ3v) is 6.17. The molecule has 0 saturated carbocycles. The van der Waals surface area contributed by atoms with Gasteiger partial charge in [-0.1, -0.05) is 58.8 Å². The van der Waals surface area contributed by atoms with Gasteiger partial charge in [0.05, 0.1) is 0 Å². The van der Waals surface area contributed by atoms with Gasteiger partial charge in [0.2, 0.25) is 0 Å². The molecule has 0 atom stereocenters. The van der Waals surface area contributed by atoms with Crippen LogP contribution in [0.2, 0.25) is 0 Å². The first-order valence-corrected chi connectivity index (χ1v) is 12.2. The van der Waals surface area contributed by atoms with E-state index >= 15 is 0 Å². The van der Waals surface area contributed by atoms with Crippen molar-refractivity contribution in [3.05, 3.63) is 70.8 Å². The molecule has 2 heterocycles. The number of alkyl halides is 3. The number of carbonyl (C=O) groups excluding carboxylic acids is 1. The maximum atomic E-state index is 14.2. The van der Waals surface area contributed by atoms with Gasteiger partial charge < -0.3 is 19.1 Å². The van der Waals surface area contributed by atoms with Crippen LogP contribution in [0.4, 0.5) is 18.0 Å². The Hall–Kier alpha value is -4.08. The summed E-state index contributed by atoms with van der Waals surface area (Å²) in [7, 11) is 0. The number of fused-ring (bicyclic) bond motifs is 3. The Kier molecular flexibility index (Phi) is 6.50. The summed E-state index contributed by atoms with van der Waals surface area (Å²) in [6.07, 6.45) is -3.56. The van der Waals surface area contributed by atoms with E-state index in [9.17, 15) is 18.0 Å². The molecule has 1 amide bonds. The molecular formula is C28H26F3N3O4. The van der Waals surface area contributed by atoms with E-state index in [2.05, 4.69) is 15.6 Å². The largest absolute Gasteiger partial charge is 0.444 e. The molecule has 0 aliphatic heterocycles. The lowest BCUT2D eigenvalue weighted by Gasteiger charge is -2.20. The number of alkyl carbamates (subject to hydrolysis) is 1. The summed E-state index contributed by atoms with van der Waals surface area (Å²) in [4.78, 5) is 11.9. The third kappa shape index (κ3) is 5.16. The van der Waals surface area contributed by atoms with Gasteiger partial charge in [0.25, 0.3) is 0 Å². The summed E-state index contributed by atoms with van der Waals surface area (Å²) in [6.45, 7) is 5.81. The smallest absolute Gasteiger partial charge is 0.422 e. The highest BCUT2D eigenvalue weighted by atomic mass is 19.4. The van der Waals surface area contributed by atoms with E-state index in [0.717, 1.165) is 16.7 Å². The monoisotopic (exact) mass is 525 g/mol. The minimum Gasteiger partial charge on any atom is -0.444 e. The van der Waals surface area contributed by atoms with Crippen molar-refractivity contribution < 1.29 is 31.7 Å². The lowest BCUT2D eigenvalue weighted by atomic mass is 9.87. The van der Waals surface area contributed by atoms with E-state index in [4.69, 9.17) is 13.8 Å². The van der Waals surface area contributed by atoms with Gasteiger partial charge in [-0.2, -0.15) is 13.2 Å². The molecule has 2 aromatic carbocycles. The second-order valence-corrected chi connectivity index (χ2v) is 10.1. The highest BCUT2D eigenvalue weighted by Gasteiger charge is 2.43. The molecule has 0 fully saturated rings. The number of nitrogens with one attached hydrogen (secondary N) is 1. The maximum absolute atomic E-state index is 14.2. The number of nitrogens with zero attached hydrogens (tertiary/aromatic N) is 2. The summed E-state index contributed by atoms with van der Waals surface area (Å²) in [6, 6.07) is 13.8. The fraction of sp³-hybridized carbons (Fsp3) is 0.321. The number of amides is 1. The first kappa shape index (κ1) is 25.6. The second kappa shape index (κ2) is 9.66. The summed E-state index contributed by atoms with van der Waals surface area (Å²) >= 11 is 0. The van der Waals surface area contributed by atoms with Crippen molar-refractivity contribution in [3.63, 3.8) is 0 Å². The van der Waals surface area contributed by atoms with Crippen molar-refractivity contribution >= 4 is 6.09 Å². The molecule has 2 aromatic heterocycles. The van der Waals surface area contributed by atoms with E-state index in [1.807, 2.05) is 18.2 Å². The predicted octanol–water partition coefficient (Wildman–Crippen LogP) is 6.85. The van der Waals surface area contributed by atoms with Crippen molar-refractivity contribution in [2.75, 3.05) is 6.54 Å². The first-order chi connectivity index (χ1) is 18.0. The van der Waals surface area contributed by atoms with Crippen LogP contribution in [-0.4, -0.2) is 28.6 Å². The normalized spacial score (nSPS) is 13.1. The lowest BCUT2D eigenvalue weighted by molar-refractivity contribution is -0.136. The van der Waals surface area contributed by atoms with E-state index in [0.29, 0.717) is 37.1 Å². The van der Waals surface area contributed by atoms with Crippen LogP contribution >= 0.6 is 0 Å². The molecule has 0 saturated heterocycles. The molecule has 1 N–H and O–H groups in total. The van der Waals surface area contributed by atoms with Crippen LogP contribution in [0, 0.1) is 0 Å². The van der Waals surface area contributed by atoms with E-state index in [-0.39, 0.29) is 17.1 Å². The summed E-state index contributed by atoms with van der Waals surface area (Å²) < 4.78 is 58.4. The zero-order valence-corrected chi connectivity index (χ0v) is 21.1. The number of hydrogen-bond acceptors (Lipinski definition) is 6. The van der Waals surface area contributed by atoms with Crippen LogP contribution in [0.15, 0.2) is 57.6 Å². The predicted molar refractivity (Wildman–Crippen MR) is 133 cm³/mol.